The number of pyridine rings is 1. The van der Waals surface area contributed by atoms with Crippen molar-refractivity contribution in [3.8, 4) is 16.9 Å². The summed E-state index contributed by atoms with van der Waals surface area (Å²) in [7, 11) is 1.68. The van der Waals surface area contributed by atoms with Gasteiger partial charge in [-0.3, -0.25) is 4.98 Å². The lowest BCUT2D eigenvalue weighted by atomic mass is 9.73. The maximum atomic E-state index is 12.6. The number of hydrogen-bond acceptors (Lipinski definition) is 5. The number of aromatic nitrogens is 1. The van der Waals surface area contributed by atoms with Gasteiger partial charge in [0, 0.05) is 36.5 Å². The van der Waals surface area contributed by atoms with Crippen LogP contribution in [0.3, 0.4) is 0 Å². The Balaban J connectivity index is 1.48. The smallest absolute Gasteiger partial charge is 0.410 e. The van der Waals surface area contributed by atoms with Gasteiger partial charge in [-0.05, 0) is 74.6 Å². The Labute approximate surface area is 214 Å². The van der Waals surface area contributed by atoms with E-state index in [1.165, 1.54) is 5.56 Å². The Hall–Kier alpha value is -3.38. The normalized spacial score (nSPS) is 15.4. The van der Waals surface area contributed by atoms with E-state index in [1.807, 2.05) is 49.9 Å². The molecule has 0 aliphatic carbocycles. The Morgan fingerprint density at radius 2 is 1.67 bits per heavy atom. The lowest BCUT2D eigenvalue weighted by molar-refractivity contribution is 0.00316. The molecule has 2 aromatic carbocycles. The third-order valence-electron chi connectivity index (χ3n) is 6.69. The lowest BCUT2D eigenvalue weighted by Crippen LogP contribution is -2.48. The molecule has 2 heterocycles. The zero-order valence-electron chi connectivity index (χ0n) is 21.7. The fraction of sp³-hybridized carbons (Fsp3) is 0.400. The second kappa shape index (κ2) is 11.1. The Kier molecular flexibility index (Phi) is 7.94. The quantitative estimate of drug-likeness (QED) is 0.394. The molecular formula is C30H36N2O4. The number of carbonyl (C=O) groups is 1. The number of likely N-dealkylation sites (tertiary alicyclic amines) is 1. The molecule has 0 spiro atoms. The van der Waals surface area contributed by atoms with Gasteiger partial charge in [-0.1, -0.05) is 36.4 Å². The van der Waals surface area contributed by atoms with Crippen LogP contribution in [0.15, 0.2) is 73.1 Å². The van der Waals surface area contributed by atoms with Crippen LogP contribution >= 0.6 is 0 Å². The molecule has 0 unspecified atom stereocenters. The van der Waals surface area contributed by atoms with Crippen molar-refractivity contribution in [2.75, 3.05) is 26.8 Å². The summed E-state index contributed by atoms with van der Waals surface area (Å²) >= 11 is 0. The van der Waals surface area contributed by atoms with E-state index < -0.39 is 5.60 Å². The second-order valence-electron chi connectivity index (χ2n) is 10.4. The van der Waals surface area contributed by atoms with E-state index in [0.717, 1.165) is 35.3 Å². The summed E-state index contributed by atoms with van der Waals surface area (Å²) in [6.45, 7) is 7.95. The lowest BCUT2D eigenvalue weighted by Gasteiger charge is -2.42. The first-order valence-corrected chi connectivity index (χ1v) is 12.5. The number of piperidine rings is 1. The molecule has 1 fully saturated rings. The van der Waals surface area contributed by atoms with Crippen molar-refractivity contribution in [2.24, 2.45) is 0 Å². The third kappa shape index (κ3) is 6.24. The largest absolute Gasteiger partial charge is 0.496 e. The highest BCUT2D eigenvalue weighted by Gasteiger charge is 2.38. The molecule has 36 heavy (non-hydrogen) atoms. The van der Waals surface area contributed by atoms with Crippen LogP contribution in [0.4, 0.5) is 4.79 Å². The molecule has 1 saturated heterocycles. The van der Waals surface area contributed by atoms with E-state index in [9.17, 15) is 4.79 Å². The van der Waals surface area contributed by atoms with Crippen molar-refractivity contribution in [2.45, 2.75) is 51.2 Å². The average Bonchev–Trinajstić information content (AvgIpc) is 2.89. The van der Waals surface area contributed by atoms with Gasteiger partial charge in [0.05, 0.1) is 20.3 Å². The Bertz CT molecular complexity index is 1130. The van der Waals surface area contributed by atoms with Crippen LogP contribution in [0.2, 0.25) is 0 Å². The average molecular weight is 489 g/mol. The summed E-state index contributed by atoms with van der Waals surface area (Å²) in [6.07, 6.45) is 4.96. The number of ether oxygens (including phenoxy) is 3. The minimum Gasteiger partial charge on any atom is -0.496 e. The maximum Gasteiger partial charge on any atom is 0.410 e. The molecule has 3 aromatic rings. The maximum absolute atomic E-state index is 12.6. The molecule has 0 atom stereocenters. The second-order valence-corrected chi connectivity index (χ2v) is 10.4. The first-order valence-electron chi connectivity index (χ1n) is 12.5. The molecule has 6 nitrogen and oxygen atoms in total. The molecule has 6 heteroatoms. The number of nitrogens with zero attached hydrogens (tertiary/aromatic N) is 2. The van der Waals surface area contributed by atoms with Gasteiger partial charge in [0.2, 0.25) is 0 Å². The number of benzene rings is 2. The van der Waals surface area contributed by atoms with E-state index in [-0.39, 0.29) is 11.5 Å². The number of amides is 1. The summed E-state index contributed by atoms with van der Waals surface area (Å²) in [5, 5.41) is 0. The molecular weight excluding hydrogens is 452 g/mol. The van der Waals surface area contributed by atoms with Crippen molar-refractivity contribution < 1.29 is 19.0 Å². The highest BCUT2D eigenvalue weighted by atomic mass is 16.6. The molecule has 1 aliphatic rings. The van der Waals surface area contributed by atoms with E-state index in [2.05, 4.69) is 41.4 Å². The summed E-state index contributed by atoms with van der Waals surface area (Å²) in [5.74, 6) is 0.807. The van der Waals surface area contributed by atoms with Crippen LogP contribution in [0.25, 0.3) is 11.1 Å². The summed E-state index contributed by atoms with van der Waals surface area (Å²) in [5.41, 5.74) is 3.77. The van der Waals surface area contributed by atoms with Crippen molar-refractivity contribution in [3.63, 3.8) is 0 Å². The van der Waals surface area contributed by atoms with Gasteiger partial charge >= 0.3 is 6.09 Å². The summed E-state index contributed by atoms with van der Waals surface area (Å²) in [4.78, 5) is 18.6. The van der Waals surface area contributed by atoms with Gasteiger partial charge in [-0.2, -0.15) is 0 Å². The zero-order valence-corrected chi connectivity index (χ0v) is 21.7. The first kappa shape index (κ1) is 25.7. The van der Waals surface area contributed by atoms with Crippen LogP contribution in [0.5, 0.6) is 5.75 Å². The Morgan fingerprint density at radius 3 is 2.31 bits per heavy atom. The highest BCUT2D eigenvalue weighted by molar-refractivity contribution is 5.68. The SMILES string of the molecule is COc1ccc(-c2ccncc2)cc1COCC1(c2ccccc2)CCN(C(=O)OC(C)(C)C)CC1. The van der Waals surface area contributed by atoms with Gasteiger partial charge in [-0.25, -0.2) is 4.79 Å². The first-order chi connectivity index (χ1) is 17.3. The van der Waals surface area contributed by atoms with Gasteiger partial charge in [0.1, 0.15) is 11.4 Å². The van der Waals surface area contributed by atoms with Gasteiger partial charge in [0.25, 0.3) is 0 Å². The van der Waals surface area contributed by atoms with Gasteiger partial charge < -0.3 is 19.1 Å². The predicted molar refractivity (Wildman–Crippen MR) is 141 cm³/mol. The molecule has 1 amide bonds. The predicted octanol–water partition coefficient (Wildman–Crippen LogP) is 6.24. The molecule has 0 N–H and O–H groups in total. The molecule has 1 aromatic heterocycles. The van der Waals surface area contributed by atoms with Crippen LogP contribution in [-0.2, 0) is 21.5 Å². The third-order valence-corrected chi connectivity index (χ3v) is 6.69. The van der Waals surface area contributed by atoms with Crippen molar-refractivity contribution >= 4 is 6.09 Å². The van der Waals surface area contributed by atoms with Crippen LogP contribution in [-0.4, -0.2) is 48.4 Å². The minimum absolute atomic E-state index is 0.171. The standard InChI is InChI=1S/C30H36N2O4/c1-29(2,3)36-28(33)32-18-14-30(15-19-32,26-8-6-5-7-9-26)22-35-21-25-20-24(10-11-27(25)34-4)23-12-16-31-17-13-23/h5-13,16-17,20H,14-15,18-19,21-22H2,1-4H3. The summed E-state index contributed by atoms with van der Waals surface area (Å²) in [6, 6.07) is 20.6. The van der Waals surface area contributed by atoms with Crippen molar-refractivity contribution in [1.29, 1.82) is 0 Å². The Morgan fingerprint density at radius 1 is 0.972 bits per heavy atom. The number of carbonyl (C=O) groups excluding carboxylic acids is 1. The fourth-order valence-electron chi connectivity index (χ4n) is 4.72. The topological polar surface area (TPSA) is 60.9 Å². The zero-order chi connectivity index (χ0) is 25.6. The minimum atomic E-state index is -0.502. The fourth-order valence-corrected chi connectivity index (χ4v) is 4.72. The van der Waals surface area contributed by atoms with Crippen molar-refractivity contribution in [1.82, 2.24) is 9.88 Å². The molecule has 0 saturated carbocycles. The van der Waals surface area contributed by atoms with Crippen molar-refractivity contribution in [3.05, 3.63) is 84.2 Å². The van der Waals surface area contributed by atoms with Crippen LogP contribution in [0, 0.1) is 0 Å². The molecule has 0 bridgehead atoms. The molecule has 0 radical (unpaired) electrons. The highest BCUT2D eigenvalue weighted by Crippen LogP contribution is 2.37. The molecule has 190 valence electrons. The van der Waals surface area contributed by atoms with Crippen LogP contribution in [0.1, 0.15) is 44.7 Å². The molecule has 1 aliphatic heterocycles. The molecule has 4 rings (SSSR count). The monoisotopic (exact) mass is 488 g/mol. The van der Waals surface area contributed by atoms with Gasteiger partial charge in [-0.15, -0.1) is 0 Å². The van der Waals surface area contributed by atoms with Gasteiger partial charge in [0.15, 0.2) is 0 Å². The number of hydrogen-bond donors (Lipinski definition) is 0. The summed E-state index contributed by atoms with van der Waals surface area (Å²) < 4.78 is 17.6. The van der Waals surface area contributed by atoms with Crippen LogP contribution < -0.4 is 4.74 Å². The van der Waals surface area contributed by atoms with E-state index in [1.54, 1.807) is 19.5 Å². The van der Waals surface area contributed by atoms with E-state index >= 15 is 0 Å². The number of rotatable bonds is 7. The number of methoxy groups -OCH3 is 1. The van der Waals surface area contributed by atoms with E-state index in [0.29, 0.717) is 26.3 Å². The van der Waals surface area contributed by atoms with E-state index in [4.69, 9.17) is 14.2 Å².